The first-order valence-electron chi connectivity index (χ1n) is 4.56. The van der Waals surface area contributed by atoms with Gasteiger partial charge in [0.2, 0.25) is 0 Å². The van der Waals surface area contributed by atoms with Gasteiger partial charge in [-0.05, 0) is 79.2 Å². The quantitative estimate of drug-likeness (QED) is 0.487. The normalized spacial score (nSPS) is 12.0. The Hall–Kier alpha value is 0.370. The van der Waals surface area contributed by atoms with Gasteiger partial charge in [0.25, 0.3) is 5.91 Å². The molecule has 0 aliphatic carbocycles. The molecule has 1 N–H and O–H groups in total. The minimum Gasteiger partial charge on any atom is -0.348 e. The van der Waals surface area contributed by atoms with Gasteiger partial charge in [0.15, 0.2) is 0 Å². The van der Waals surface area contributed by atoms with Crippen molar-refractivity contribution in [3.8, 4) is 0 Å². The fourth-order valence-electron chi connectivity index (χ4n) is 1.15. The number of carbonyl (C=O) groups excluding carboxylic acids is 1. The van der Waals surface area contributed by atoms with Crippen LogP contribution in [0.3, 0.4) is 0 Å². The molecule has 5 heteroatoms. The molecular formula is C11H10BrI2NO. The van der Waals surface area contributed by atoms with E-state index in [1.165, 1.54) is 5.56 Å². The van der Waals surface area contributed by atoms with Crippen LogP contribution < -0.4 is 5.32 Å². The summed E-state index contributed by atoms with van der Waals surface area (Å²) in [5.41, 5.74) is 2.33. The van der Waals surface area contributed by atoms with Crippen LogP contribution in [-0.4, -0.2) is 5.91 Å². The molecule has 0 fully saturated rings. The first-order chi connectivity index (χ1) is 7.52. The number of rotatable bonds is 3. The number of nitrogens with one attached hydrogen (secondary N) is 1. The summed E-state index contributed by atoms with van der Waals surface area (Å²) in [6.07, 6.45) is 0. The van der Waals surface area contributed by atoms with Crippen LogP contribution in [0.15, 0.2) is 30.3 Å². The molecule has 0 saturated heterocycles. The van der Waals surface area contributed by atoms with Gasteiger partial charge in [0, 0.05) is 6.54 Å². The van der Waals surface area contributed by atoms with E-state index in [0.717, 1.165) is 8.05 Å². The Morgan fingerprint density at radius 2 is 2.00 bits per heavy atom. The van der Waals surface area contributed by atoms with Gasteiger partial charge in [-0.25, -0.2) is 0 Å². The van der Waals surface area contributed by atoms with Crippen molar-refractivity contribution in [2.24, 2.45) is 0 Å². The first kappa shape index (κ1) is 14.4. The van der Waals surface area contributed by atoms with Gasteiger partial charge < -0.3 is 5.32 Å². The van der Waals surface area contributed by atoms with Crippen LogP contribution in [0.1, 0.15) is 11.1 Å². The average Bonchev–Trinajstić information content (AvgIpc) is 2.26. The molecule has 16 heavy (non-hydrogen) atoms. The Morgan fingerprint density at radius 3 is 2.56 bits per heavy atom. The molecule has 0 atom stereocenters. The van der Waals surface area contributed by atoms with Crippen LogP contribution in [0, 0.1) is 6.92 Å². The number of halogens is 3. The molecule has 2 nitrogen and oxygen atoms in total. The third-order valence-corrected chi connectivity index (χ3v) is 5.80. The number of benzene rings is 1. The minimum absolute atomic E-state index is 0.0508. The number of amides is 1. The van der Waals surface area contributed by atoms with Crippen LogP contribution in [0.2, 0.25) is 0 Å². The Bertz CT molecular complexity index is 428. The highest BCUT2D eigenvalue weighted by Crippen LogP contribution is 2.24. The summed E-state index contributed by atoms with van der Waals surface area (Å²) in [5, 5.41) is 2.88. The van der Waals surface area contributed by atoms with E-state index in [0.29, 0.717) is 10.1 Å². The fourth-order valence-corrected chi connectivity index (χ4v) is 1.76. The molecule has 0 unspecified atom stereocenters. The minimum atomic E-state index is -0.0508. The van der Waals surface area contributed by atoms with Crippen LogP contribution >= 0.6 is 61.1 Å². The van der Waals surface area contributed by atoms with E-state index in [9.17, 15) is 4.79 Å². The second kappa shape index (κ2) is 6.95. The molecule has 0 saturated carbocycles. The van der Waals surface area contributed by atoms with Crippen LogP contribution in [0.25, 0.3) is 0 Å². The molecular weight excluding hydrogens is 496 g/mol. The molecule has 86 valence electrons. The summed E-state index contributed by atoms with van der Waals surface area (Å²) in [5.74, 6) is -0.0508. The predicted octanol–water partition coefficient (Wildman–Crippen LogP) is 4.05. The van der Waals surface area contributed by atoms with Crippen molar-refractivity contribution in [2.75, 3.05) is 0 Å². The molecule has 0 bridgehead atoms. The molecule has 0 heterocycles. The maximum Gasteiger partial charge on any atom is 0.259 e. The number of carbonyl (C=O) groups is 1. The summed E-state index contributed by atoms with van der Waals surface area (Å²) in [4.78, 5) is 11.7. The topological polar surface area (TPSA) is 29.1 Å². The third kappa shape index (κ3) is 4.33. The van der Waals surface area contributed by atoms with Crippen molar-refractivity contribution in [3.63, 3.8) is 0 Å². The summed E-state index contributed by atoms with van der Waals surface area (Å²) in [7, 11) is 0. The lowest BCUT2D eigenvalue weighted by molar-refractivity contribution is -0.116. The van der Waals surface area contributed by atoms with E-state index in [4.69, 9.17) is 0 Å². The fraction of sp³-hybridized carbons (Fsp3) is 0.182. The van der Waals surface area contributed by atoms with E-state index in [1.807, 2.05) is 53.8 Å². The highest BCUT2D eigenvalue weighted by atomic mass is 127. The van der Waals surface area contributed by atoms with Crippen molar-refractivity contribution >= 4 is 67.0 Å². The summed E-state index contributed by atoms with van der Waals surface area (Å²) < 4.78 is 1.50. The zero-order valence-electron chi connectivity index (χ0n) is 8.56. The zero-order chi connectivity index (χ0) is 12.1. The van der Waals surface area contributed by atoms with Crippen LogP contribution in [0.5, 0.6) is 0 Å². The molecule has 0 aromatic heterocycles. The second-order valence-corrected chi connectivity index (χ2v) is 7.62. The van der Waals surface area contributed by atoms with Gasteiger partial charge in [0.05, 0.1) is 6.07 Å². The van der Waals surface area contributed by atoms with E-state index in [2.05, 4.69) is 43.8 Å². The summed E-state index contributed by atoms with van der Waals surface area (Å²) in [6.45, 7) is 2.60. The Morgan fingerprint density at radius 1 is 1.38 bits per heavy atom. The smallest absolute Gasteiger partial charge is 0.259 e. The number of hydrogen-bond acceptors (Lipinski definition) is 1. The van der Waals surface area contributed by atoms with Crippen molar-refractivity contribution < 1.29 is 4.79 Å². The van der Waals surface area contributed by atoms with Crippen LogP contribution in [0.4, 0.5) is 0 Å². The predicted molar refractivity (Wildman–Crippen MR) is 87.0 cm³/mol. The van der Waals surface area contributed by atoms with Gasteiger partial charge in [-0.3, -0.25) is 4.79 Å². The molecule has 0 spiro atoms. The molecule has 1 aromatic carbocycles. The lowest BCUT2D eigenvalue weighted by Gasteiger charge is -2.07. The van der Waals surface area contributed by atoms with Gasteiger partial charge in [-0.1, -0.05) is 24.3 Å². The Labute approximate surface area is 131 Å². The number of aryl methyl sites for hydroxylation is 1. The Balaban J connectivity index is 2.63. The highest BCUT2D eigenvalue weighted by molar-refractivity contribution is 14.1. The Kier molecular flexibility index (Phi) is 6.27. The van der Waals surface area contributed by atoms with Gasteiger partial charge in [0.1, 0.15) is 0 Å². The summed E-state index contributed by atoms with van der Waals surface area (Å²) in [6, 6.07) is 8.02. The lowest BCUT2D eigenvalue weighted by Crippen LogP contribution is -2.23. The molecule has 0 aliphatic heterocycles. The monoisotopic (exact) mass is 505 g/mol. The second-order valence-electron chi connectivity index (χ2n) is 3.18. The van der Waals surface area contributed by atoms with E-state index in [-0.39, 0.29) is 5.91 Å². The van der Waals surface area contributed by atoms with Crippen molar-refractivity contribution in [1.82, 2.24) is 5.32 Å². The van der Waals surface area contributed by atoms with Crippen molar-refractivity contribution in [1.29, 1.82) is 0 Å². The lowest BCUT2D eigenvalue weighted by atomic mass is 10.1. The van der Waals surface area contributed by atoms with Gasteiger partial charge >= 0.3 is 0 Å². The van der Waals surface area contributed by atoms with Gasteiger partial charge in [-0.15, -0.1) is 0 Å². The van der Waals surface area contributed by atoms with Crippen LogP contribution in [-0.2, 0) is 11.3 Å². The van der Waals surface area contributed by atoms with E-state index >= 15 is 0 Å². The molecule has 0 radical (unpaired) electrons. The zero-order valence-corrected chi connectivity index (χ0v) is 14.5. The standard InChI is InChI=1S/C11H10BrI2NO/c1-7-4-2-3-5-8(7)6-15-11(16)9(13)10(12)14/h2-5H,6H2,1H3,(H,15,16)/b10-9+. The maximum absolute atomic E-state index is 11.7. The largest absolute Gasteiger partial charge is 0.348 e. The molecule has 1 aromatic rings. The SMILES string of the molecule is Cc1ccccc1CNC(=O)/C(I)=C(/Br)I. The first-order valence-corrected chi connectivity index (χ1v) is 7.51. The van der Waals surface area contributed by atoms with Crippen molar-refractivity contribution in [2.45, 2.75) is 13.5 Å². The highest BCUT2D eigenvalue weighted by Gasteiger charge is 2.09. The van der Waals surface area contributed by atoms with E-state index < -0.39 is 0 Å². The third-order valence-electron chi connectivity index (χ3n) is 2.07. The number of hydrogen-bond donors (Lipinski definition) is 1. The maximum atomic E-state index is 11.7. The summed E-state index contributed by atoms with van der Waals surface area (Å²) >= 11 is 7.37. The molecule has 1 amide bonds. The molecule has 1 rings (SSSR count). The van der Waals surface area contributed by atoms with Gasteiger partial charge in [-0.2, -0.15) is 0 Å². The van der Waals surface area contributed by atoms with Crippen molar-refractivity contribution in [3.05, 3.63) is 41.5 Å². The molecule has 0 aliphatic rings. The average molecular weight is 506 g/mol. The van der Waals surface area contributed by atoms with E-state index in [1.54, 1.807) is 0 Å².